The predicted molar refractivity (Wildman–Crippen MR) is 442 cm³/mol. The largest absolute Gasteiger partial charge is 0.309 e. The lowest BCUT2D eigenvalue weighted by molar-refractivity contribution is 0.952. The van der Waals surface area contributed by atoms with E-state index in [1.807, 2.05) is 86.8 Å². The van der Waals surface area contributed by atoms with Crippen LogP contribution >= 0.6 is 0 Å². The normalized spacial score (nSPS) is 14.6. The first-order chi connectivity index (χ1) is 55.5. The van der Waals surface area contributed by atoms with Crippen LogP contribution in [0.25, 0.3) is 44.5 Å². The number of fused-ring (bicyclic) bond motifs is 28. The third-order valence-corrected chi connectivity index (χ3v) is 25.6. The SMILES string of the molecule is c1ccc2c(c1)Cc1cc3c(cc1-2)Cc1ccnc2c1N3c1cnccc1C2.c1ccc2c(c1)Cc1cc3c(cc1-2)Cc1cncc2c1N3c1ccncc1C2.c1ccc2c(c1)Cc1cc3c(cc1-2)Cc1cncc2c1N3c1cnccc1C2.c1ccc2c(c1)Cc1cc3c(cc1-2)Cc1nccc2c1N3c1ccncc1C2. The molecule has 28 rings (SSSR count). The Morgan fingerprint density at radius 1 is 0.170 bits per heavy atom. The fraction of sp³-hybridized carbons (Fsp3) is 0.120. The van der Waals surface area contributed by atoms with Gasteiger partial charge in [-0.25, -0.2) is 0 Å². The maximum Gasteiger partial charge on any atom is 0.0716 e. The molecule has 0 fully saturated rings. The van der Waals surface area contributed by atoms with Crippen molar-refractivity contribution >= 4 is 68.2 Å². The predicted octanol–water partition coefficient (Wildman–Crippen LogP) is 21.3. The van der Waals surface area contributed by atoms with E-state index in [0.29, 0.717) is 0 Å². The number of nitrogens with zero attached hydrogens (tertiary/aromatic N) is 12. The lowest BCUT2D eigenvalue weighted by atomic mass is 9.87. The van der Waals surface area contributed by atoms with E-state index in [2.05, 4.69) is 231 Å². The average Bonchev–Trinajstić information content (AvgIpc) is 0.996. The van der Waals surface area contributed by atoms with E-state index in [-0.39, 0.29) is 0 Å². The van der Waals surface area contributed by atoms with Crippen molar-refractivity contribution in [3.05, 3.63) is 403 Å². The van der Waals surface area contributed by atoms with Crippen molar-refractivity contribution < 1.29 is 0 Å². The van der Waals surface area contributed by atoms with Crippen LogP contribution in [0.5, 0.6) is 0 Å². The summed E-state index contributed by atoms with van der Waals surface area (Å²) in [7, 11) is 0. The van der Waals surface area contributed by atoms with Crippen molar-refractivity contribution in [1.29, 1.82) is 0 Å². The van der Waals surface area contributed by atoms with Gasteiger partial charge in [0, 0.05) is 126 Å². The zero-order chi connectivity index (χ0) is 73.0. The Labute approximate surface area is 647 Å². The molecule has 0 N–H and O–H groups in total. The molecule has 8 aliphatic heterocycles. The maximum atomic E-state index is 4.76. The Kier molecular flexibility index (Phi) is 13.2. The van der Waals surface area contributed by atoms with Crippen molar-refractivity contribution in [1.82, 2.24) is 39.9 Å². The summed E-state index contributed by atoms with van der Waals surface area (Å²) in [4.78, 5) is 45.9. The van der Waals surface area contributed by atoms with Crippen LogP contribution in [0.1, 0.15) is 134 Å². The minimum Gasteiger partial charge on any atom is -0.309 e. The fourth-order valence-electron chi connectivity index (χ4n) is 20.8. The summed E-state index contributed by atoms with van der Waals surface area (Å²) in [6.45, 7) is 0. The molecule has 12 heteroatoms. The topological polar surface area (TPSA) is 116 Å². The highest BCUT2D eigenvalue weighted by Crippen LogP contribution is 2.58. The van der Waals surface area contributed by atoms with E-state index >= 15 is 0 Å². The van der Waals surface area contributed by atoms with Crippen LogP contribution in [0, 0.1) is 0 Å². The minimum absolute atomic E-state index is 0.878. The van der Waals surface area contributed by atoms with Gasteiger partial charge >= 0.3 is 0 Å². The second-order valence-electron chi connectivity index (χ2n) is 31.8. The zero-order valence-corrected chi connectivity index (χ0v) is 61.3. The highest BCUT2D eigenvalue weighted by atomic mass is 15.2. The first kappa shape index (κ1) is 62.1. The second-order valence-corrected chi connectivity index (χ2v) is 31.8. The van der Waals surface area contributed by atoms with Crippen molar-refractivity contribution in [3.63, 3.8) is 0 Å². The molecule has 0 bridgehead atoms. The lowest BCUT2D eigenvalue weighted by Crippen LogP contribution is -2.25. The van der Waals surface area contributed by atoms with Gasteiger partial charge in [-0.05, 0) is 278 Å². The van der Waals surface area contributed by atoms with Gasteiger partial charge in [0.15, 0.2) is 0 Å². The average molecular weight is 1440 g/mol. The van der Waals surface area contributed by atoms with Crippen molar-refractivity contribution in [3.8, 4) is 44.5 Å². The van der Waals surface area contributed by atoms with Gasteiger partial charge in [0.05, 0.1) is 92.0 Å². The summed E-state index contributed by atoms with van der Waals surface area (Å²) in [6, 6.07) is 67.4. The highest BCUT2D eigenvalue weighted by molar-refractivity contribution is 5.97. The molecule has 12 aliphatic rings. The van der Waals surface area contributed by atoms with E-state index in [1.165, 1.54) is 247 Å². The van der Waals surface area contributed by atoms with Gasteiger partial charge in [-0.15, -0.1) is 0 Å². The molecule has 0 spiro atoms. The number of anilines is 12. The molecule has 112 heavy (non-hydrogen) atoms. The van der Waals surface area contributed by atoms with Gasteiger partial charge in [0.25, 0.3) is 0 Å². The van der Waals surface area contributed by atoms with Gasteiger partial charge < -0.3 is 19.6 Å². The minimum atomic E-state index is 0.878. The number of hydrogen-bond donors (Lipinski definition) is 0. The van der Waals surface area contributed by atoms with E-state index in [1.54, 1.807) is 0 Å². The molecule has 16 heterocycles. The molecule has 0 radical (unpaired) electrons. The Balaban J connectivity index is 0.0000000847. The molecule has 0 saturated carbocycles. The summed E-state index contributed by atoms with van der Waals surface area (Å²) in [5.41, 5.74) is 58.8. The van der Waals surface area contributed by atoms with E-state index < -0.39 is 0 Å². The lowest BCUT2D eigenvalue weighted by Gasteiger charge is -2.39. The number of pyridine rings is 8. The fourth-order valence-corrected chi connectivity index (χ4v) is 20.8. The summed E-state index contributed by atoms with van der Waals surface area (Å²) >= 11 is 0. The molecule has 8 aromatic heterocycles. The molecule has 0 unspecified atom stereocenters. The van der Waals surface area contributed by atoms with Gasteiger partial charge in [0.2, 0.25) is 0 Å². The van der Waals surface area contributed by atoms with E-state index in [4.69, 9.17) is 9.97 Å². The Bertz CT molecular complexity index is 6040. The van der Waals surface area contributed by atoms with E-state index in [0.717, 1.165) is 77.0 Å². The monoisotopic (exact) mass is 1440 g/mol. The standard InChI is InChI=1S/4C25H17N3/c1-2-4-20-15(3-1)9-17-13-24-18(11-21(17)20)12-22-25-16(5-8-27-22)10-19-14-26-7-6-23(19)28(24)25;1-2-4-20-15(3-1)9-18-13-23-19(11-21(18)20)10-17-6-8-27-22-12-16-5-7-26-14-24(16)28(23)25(17)22;1-2-4-21-15(3-1)7-16-11-24-17(10-22(16)21)8-19-13-27-14-20-9-18-12-26-6-5-23(18)28(24)25(19)20;1-2-4-21-15(3-1)7-17-11-23-18(10-22(17)21)9-20-13-27-12-19-8-16-5-6-26-14-24(16)28(23)25(19)20/h2*1-8,11,13-14H,9-10,12H2;2*1-6,10-14H,7-9H2. The van der Waals surface area contributed by atoms with Crippen LogP contribution < -0.4 is 19.6 Å². The van der Waals surface area contributed by atoms with Crippen LogP contribution in [0.2, 0.25) is 0 Å². The molecule has 12 nitrogen and oxygen atoms in total. The Hall–Kier alpha value is -13.8. The second kappa shape index (κ2) is 23.8. The maximum absolute atomic E-state index is 4.76. The molecule has 16 aromatic rings. The molecule has 0 amide bonds. The Morgan fingerprint density at radius 3 is 0.884 bits per heavy atom. The third kappa shape index (κ3) is 9.29. The summed E-state index contributed by atoms with van der Waals surface area (Å²) < 4.78 is 0. The van der Waals surface area contributed by atoms with Crippen LogP contribution in [0.4, 0.5) is 68.2 Å². The van der Waals surface area contributed by atoms with Crippen molar-refractivity contribution in [2.45, 2.75) is 77.0 Å². The number of rotatable bonds is 0. The van der Waals surface area contributed by atoms with Crippen molar-refractivity contribution in [2.24, 2.45) is 0 Å². The summed E-state index contributed by atoms with van der Waals surface area (Å²) in [5, 5.41) is 0. The zero-order valence-electron chi connectivity index (χ0n) is 61.3. The Morgan fingerprint density at radius 2 is 0.455 bits per heavy atom. The smallest absolute Gasteiger partial charge is 0.0716 e. The number of hydrogen-bond acceptors (Lipinski definition) is 12. The summed E-state index contributed by atoms with van der Waals surface area (Å²) in [5.74, 6) is 0. The molecule has 0 atom stereocenters. The van der Waals surface area contributed by atoms with Crippen molar-refractivity contribution in [2.75, 3.05) is 19.6 Å². The highest BCUT2D eigenvalue weighted by Gasteiger charge is 2.40. The van der Waals surface area contributed by atoms with Gasteiger partial charge in [-0.2, -0.15) is 0 Å². The van der Waals surface area contributed by atoms with Crippen LogP contribution in [0.15, 0.2) is 269 Å². The van der Waals surface area contributed by atoms with Gasteiger partial charge in [-0.1, -0.05) is 97.1 Å². The molecule has 8 aromatic carbocycles. The third-order valence-electron chi connectivity index (χ3n) is 25.6. The number of benzene rings is 8. The molecular weight excluding hydrogens is 1370 g/mol. The van der Waals surface area contributed by atoms with Crippen LogP contribution in [-0.4, -0.2) is 39.9 Å². The molecule has 528 valence electrons. The quantitative estimate of drug-likeness (QED) is 0.144. The van der Waals surface area contributed by atoms with Crippen LogP contribution in [0.3, 0.4) is 0 Å². The summed E-state index contributed by atoms with van der Waals surface area (Å²) in [6.07, 6.45) is 39.1. The molecule has 4 aliphatic carbocycles. The first-order valence-corrected chi connectivity index (χ1v) is 39.2. The van der Waals surface area contributed by atoms with Crippen LogP contribution in [-0.2, 0) is 77.0 Å². The van der Waals surface area contributed by atoms with Gasteiger partial charge in [-0.3, -0.25) is 39.9 Å². The molecule has 0 saturated heterocycles. The first-order valence-electron chi connectivity index (χ1n) is 39.2. The van der Waals surface area contributed by atoms with Gasteiger partial charge in [0.1, 0.15) is 0 Å². The molecular formula is C100H68N12. The number of aromatic nitrogens is 8. The van der Waals surface area contributed by atoms with E-state index in [9.17, 15) is 0 Å².